The number of carbonyl (C=O) groups excluding carboxylic acids is 4. The van der Waals surface area contributed by atoms with Crippen LogP contribution in [0.1, 0.15) is 42.7 Å². The fourth-order valence-corrected chi connectivity index (χ4v) is 8.03. The summed E-state index contributed by atoms with van der Waals surface area (Å²) in [5.74, 6) is -3.57. The summed E-state index contributed by atoms with van der Waals surface area (Å²) < 4.78 is 18.9. The standard InChI is InChI=1S/C41H49N9O12S/c1-21(49(2)37(56)29-15-22-7-6-10-31(51)26(22)20-43-29)34(36(55)44-19-24-17-32(52)38(62-24)50-13-11-33(53)47-41(50)60)48-35(54)28(12-14-63(3)61)45-40(59)46-30(39(57)58)16-23-18-42-27-9-5-4-8-25(23)27/h4-11,13,18-19,21,28-30,32,34,38,42-43,51-52H,12,14-17,20H2,1-3H3,(H,44,55)(H,48,54)(H,57,58)(H2,45,46,59)(H,47,53,60). The van der Waals surface area contributed by atoms with Gasteiger partial charge in [0.15, 0.2) is 0 Å². The molecule has 2 aromatic carbocycles. The highest BCUT2D eigenvalue weighted by atomic mass is 32.2. The number of phenols is 1. The number of benzene rings is 2. The van der Waals surface area contributed by atoms with E-state index in [1.54, 1.807) is 36.5 Å². The van der Waals surface area contributed by atoms with Gasteiger partial charge in [-0.05, 0) is 43.0 Å². The molecule has 5 amide bonds. The Hall–Kier alpha value is -6.78. The van der Waals surface area contributed by atoms with Crippen molar-refractivity contribution in [3.05, 3.63) is 110 Å². The van der Waals surface area contributed by atoms with Crippen molar-refractivity contribution in [1.29, 1.82) is 0 Å². The third-order valence-electron chi connectivity index (χ3n) is 11.0. The summed E-state index contributed by atoms with van der Waals surface area (Å²) in [5, 5.41) is 44.9. The quantitative estimate of drug-likeness (QED) is 0.0656. The maximum absolute atomic E-state index is 14.1. The molecule has 0 saturated carbocycles. The van der Waals surface area contributed by atoms with Crippen LogP contribution >= 0.6 is 0 Å². The Morgan fingerprint density at radius 3 is 2.49 bits per heavy atom. The SMILES string of the molecule is CC(C(NC(=O)C(CCS(C)=O)NC(=O)NC(Cc1c[nH]c2ccccc12)C(=O)O)C(=O)NC=C1CC(O)C(n2ccc(=O)[nH]c2=O)O1)N(C)C(=O)C1Cc2cccc(O)c2CN1. The molecule has 8 unspecified atom stereocenters. The summed E-state index contributed by atoms with van der Waals surface area (Å²) in [7, 11) is -0.0131. The second-order valence-corrected chi connectivity index (χ2v) is 16.9. The number of hydrogen-bond acceptors (Lipinski definition) is 12. The number of ether oxygens (including phenoxy) is 1. The molecule has 6 rings (SSSR count). The lowest BCUT2D eigenvalue weighted by Crippen LogP contribution is -2.62. The van der Waals surface area contributed by atoms with Crippen molar-refractivity contribution in [3.8, 4) is 5.75 Å². The molecular weight excluding hydrogens is 843 g/mol. The van der Waals surface area contributed by atoms with E-state index in [-0.39, 0.29) is 49.5 Å². The van der Waals surface area contributed by atoms with E-state index in [4.69, 9.17) is 4.74 Å². The minimum absolute atomic E-state index is 0.0247. The first-order valence-corrected chi connectivity index (χ1v) is 21.6. The minimum Gasteiger partial charge on any atom is -0.508 e. The summed E-state index contributed by atoms with van der Waals surface area (Å²) in [6.45, 7) is 1.69. The molecule has 0 bridgehead atoms. The van der Waals surface area contributed by atoms with Crippen LogP contribution in [0, 0.1) is 0 Å². The Bertz CT molecular complexity index is 2550. The van der Waals surface area contributed by atoms with Crippen molar-refractivity contribution in [2.24, 2.45) is 0 Å². The summed E-state index contributed by atoms with van der Waals surface area (Å²) in [6.07, 6.45) is 2.50. The molecule has 4 aromatic rings. The molecule has 4 heterocycles. The number of carbonyl (C=O) groups is 5. The summed E-state index contributed by atoms with van der Waals surface area (Å²) in [5.41, 5.74) is 1.27. The van der Waals surface area contributed by atoms with Crippen LogP contribution in [0.5, 0.6) is 5.75 Å². The molecule has 1 saturated heterocycles. The summed E-state index contributed by atoms with van der Waals surface area (Å²) >= 11 is 0. The molecule has 2 aliphatic rings. The number of aliphatic carboxylic acids is 1. The summed E-state index contributed by atoms with van der Waals surface area (Å²) in [6, 6.07) is 5.96. The number of amides is 5. The number of fused-ring (bicyclic) bond motifs is 2. The van der Waals surface area contributed by atoms with Crippen molar-refractivity contribution in [2.45, 2.75) is 81.7 Å². The van der Waals surface area contributed by atoms with E-state index < -0.39 is 94.3 Å². The van der Waals surface area contributed by atoms with Crippen molar-refractivity contribution in [1.82, 2.24) is 46.0 Å². The van der Waals surface area contributed by atoms with Gasteiger partial charge in [-0.25, -0.2) is 14.4 Å². The number of aromatic hydroxyl groups is 1. The number of nitrogens with one attached hydrogen (secondary N) is 7. The number of hydrogen-bond donors (Lipinski definition) is 10. The van der Waals surface area contributed by atoms with E-state index in [0.717, 1.165) is 39.5 Å². The van der Waals surface area contributed by atoms with Gasteiger partial charge in [0.2, 0.25) is 23.9 Å². The lowest BCUT2D eigenvalue weighted by molar-refractivity contribution is -0.139. The Labute approximate surface area is 361 Å². The van der Waals surface area contributed by atoms with Crippen LogP contribution in [-0.2, 0) is 54.1 Å². The molecule has 10 N–H and O–H groups in total. The Balaban J connectivity index is 1.21. The molecular formula is C41H49N9O12S. The molecule has 2 aliphatic heterocycles. The number of aromatic amines is 2. The number of nitrogens with zero attached hydrogens (tertiary/aromatic N) is 2. The first kappa shape index (κ1) is 45.7. The van der Waals surface area contributed by atoms with Crippen LogP contribution in [0.15, 0.2) is 82.5 Å². The van der Waals surface area contributed by atoms with Gasteiger partial charge in [0, 0.05) is 90.4 Å². The number of aliphatic hydroxyl groups is 1. The minimum atomic E-state index is -1.54. The maximum atomic E-state index is 14.1. The number of rotatable bonds is 16. The Morgan fingerprint density at radius 1 is 1.02 bits per heavy atom. The number of H-pyrrole nitrogens is 2. The Kier molecular flexibility index (Phi) is 14.5. The van der Waals surface area contributed by atoms with Crippen LogP contribution in [0.3, 0.4) is 0 Å². The second kappa shape index (κ2) is 19.9. The highest BCUT2D eigenvalue weighted by Gasteiger charge is 2.38. The molecule has 2 aromatic heterocycles. The highest BCUT2D eigenvalue weighted by molar-refractivity contribution is 7.84. The van der Waals surface area contributed by atoms with Gasteiger partial charge in [0.1, 0.15) is 35.7 Å². The molecule has 8 atom stereocenters. The van der Waals surface area contributed by atoms with Gasteiger partial charge in [-0.3, -0.25) is 32.9 Å². The molecule has 1 fully saturated rings. The number of phenolic OH excluding ortho intramolecular Hbond substituents is 1. The third-order valence-corrected chi connectivity index (χ3v) is 11.9. The maximum Gasteiger partial charge on any atom is 0.331 e. The predicted octanol–water partition coefficient (Wildman–Crippen LogP) is -0.861. The normalized spacial score (nSPS) is 20.0. The zero-order valence-corrected chi connectivity index (χ0v) is 35.3. The van der Waals surface area contributed by atoms with Gasteiger partial charge in [0.25, 0.3) is 5.56 Å². The second-order valence-electron chi connectivity index (χ2n) is 15.3. The van der Waals surface area contributed by atoms with Gasteiger partial charge >= 0.3 is 17.7 Å². The van der Waals surface area contributed by atoms with Crippen molar-refractivity contribution < 1.29 is 48.2 Å². The van der Waals surface area contributed by atoms with Crippen molar-refractivity contribution >= 4 is 51.4 Å². The average molecular weight is 892 g/mol. The van der Waals surface area contributed by atoms with Gasteiger partial charge < -0.3 is 56.5 Å². The van der Waals surface area contributed by atoms with Gasteiger partial charge in [0.05, 0.1) is 12.1 Å². The molecule has 0 spiro atoms. The molecule has 336 valence electrons. The first-order valence-electron chi connectivity index (χ1n) is 19.9. The number of para-hydroxylation sites is 1. The van der Waals surface area contributed by atoms with Gasteiger partial charge in [-0.15, -0.1) is 0 Å². The lowest BCUT2D eigenvalue weighted by Gasteiger charge is -2.36. The molecule has 0 aliphatic carbocycles. The highest BCUT2D eigenvalue weighted by Crippen LogP contribution is 2.30. The molecule has 22 heteroatoms. The topological polar surface area (TPSA) is 306 Å². The van der Waals surface area contributed by atoms with Crippen LogP contribution in [-0.4, -0.2) is 124 Å². The number of carboxylic acids is 1. The lowest BCUT2D eigenvalue weighted by atomic mass is 9.94. The zero-order chi connectivity index (χ0) is 45.5. The smallest absolute Gasteiger partial charge is 0.331 e. The number of aromatic nitrogens is 3. The average Bonchev–Trinajstić information content (AvgIpc) is 3.84. The molecule has 21 nitrogen and oxygen atoms in total. The van der Waals surface area contributed by atoms with E-state index in [0.29, 0.717) is 11.1 Å². The van der Waals surface area contributed by atoms with E-state index in [1.165, 1.54) is 25.1 Å². The van der Waals surface area contributed by atoms with Crippen molar-refractivity contribution in [3.63, 3.8) is 0 Å². The number of urea groups is 1. The molecule has 0 radical (unpaired) electrons. The third kappa shape index (κ3) is 11.0. The first-order chi connectivity index (χ1) is 30.0. The van der Waals surface area contributed by atoms with Crippen LogP contribution in [0.25, 0.3) is 10.9 Å². The molecule has 63 heavy (non-hydrogen) atoms. The van der Waals surface area contributed by atoms with Crippen LogP contribution < -0.4 is 37.8 Å². The van der Waals surface area contributed by atoms with Crippen LogP contribution in [0.2, 0.25) is 0 Å². The van der Waals surface area contributed by atoms with Crippen LogP contribution in [0.4, 0.5) is 4.79 Å². The van der Waals surface area contributed by atoms with E-state index >= 15 is 0 Å². The van der Waals surface area contributed by atoms with E-state index in [2.05, 4.69) is 36.6 Å². The predicted molar refractivity (Wildman–Crippen MR) is 227 cm³/mol. The number of likely N-dealkylation sites (N-methyl/N-ethyl adjacent to an activating group) is 1. The van der Waals surface area contributed by atoms with E-state index in [1.807, 2.05) is 12.1 Å². The summed E-state index contributed by atoms with van der Waals surface area (Å²) in [4.78, 5) is 98.3. The Morgan fingerprint density at radius 2 is 1.76 bits per heavy atom. The number of carboxylic acid groups (broad SMARTS) is 1. The zero-order valence-electron chi connectivity index (χ0n) is 34.5. The largest absolute Gasteiger partial charge is 0.508 e. The van der Waals surface area contributed by atoms with Crippen molar-refractivity contribution in [2.75, 3.05) is 19.1 Å². The van der Waals surface area contributed by atoms with E-state index in [9.17, 15) is 53.1 Å². The monoisotopic (exact) mass is 891 g/mol. The number of aliphatic hydroxyl groups excluding tert-OH is 1. The van der Waals surface area contributed by atoms with Gasteiger partial charge in [-0.1, -0.05) is 30.3 Å². The van der Waals surface area contributed by atoms with Gasteiger partial charge in [-0.2, -0.15) is 0 Å². The fourth-order valence-electron chi connectivity index (χ4n) is 7.46. The fraction of sp³-hybridized carbons (Fsp3) is 0.390.